The first-order valence-corrected chi connectivity index (χ1v) is 9.18. The molecule has 0 aliphatic carbocycles. The second-order valence-electron chi connectivity index (χ2n) is 5.50. The van der Waals surface area contributed by atoms with Crippen LogP contribution >= 0.6 is 11.3 Å². The number of nitrogens with one attached hydrogen (secondary N) is 1. The predicted octanol–water partition coefficient (Wildman–Crippen LogP) is 4.15. The van der Waals surface area contributed by atoms with Gasteiger partial charge in [-0.15, -0.1) is 11.3 Å². The highest BCUT2D eigenvalue weighted by molar-refractivity contribution is 7.13. The van der Waals surface area contributed by atoms with Crippen molar-refractivity contribution in [2.75, 3.05) is 13.7 Å². The number of rotatable bonds is 7. The number of carbonyl (C=O) groups is 1. The largest absolute Gasteiger partial charge is 0.493 e. The van der Waals surface area contributed by atoms with Gasteiger partial charge in [-0.25, -0.2) is 4.98 Å². The molecule has 0 saturated heterocycles. The topological polar surface area (TPSA) is 60.5 Å². The number of nitrogens with zero attached hydrogens (tertiary/aromatic N) is 1. The normalized spacial score (nSPS) is 10.4. The second kappa shape index (κ2) is 8.49. The fourth-order valence-corrected chi connectivity index (χ4v) is 3.25. The van der Waals surface area contributed by atoms with Gasteiger partial charge in [-0.3, -0.25) is 4.79 Å². The third-order valence-corrected chi connectivity index (χ3v) is 4.63. The molecule has 0 unspecified atom stereocenters. The molecule has 0 spiro atoms. The van der Waals surface area contributed by atoms with Crippen LogP contribution in [-0.2, 0) is 6.54 Å². The smallest absolute Gasteiger partial charge is 0.271 e. The van der Waals surface area contributed by atoms with Crippen LogP contribution in [-0.4, -0.2) is 24.6 Å². The second-order valence-corrected chi connectivity index (χ2v) is 6.36. The van der Waals surface area contributed by atoms with Gasteiger partial charge in [-0.2, -0.15) is 0 Å². The SMILES string of the molecule is CCOc1ccc(-c2nc(C(=O)NCc3ccccc3)cs2)cc1OC. The Bertz CT molecular complexity index is 878. The lowest BCUT2D eigenvalue weighted by Gasteiger charge is -2.09. The van der Waals surface area contributed by atoms with Gasteiger partial charge < -0.3 is 14.8 Å². The van der Waals surface area contributed by atoms with Gasteiger partial charge in [0.1, 0.15) is 10.7 Å². The molecule has 0 aliphatic heterocycles. The zero-order chi connectivity index (χ0) is 18.4. The minimum absolute atomic E-state index is 0.186. The number of methoxy groups -OCH3 is 1. The first-order chi connectivity index (χ1) is 12.7. The quantitative estimate of drug-likeness (QED) is 0.681. The lowest BCUT2D eigenvalue weighted by Crippen LogP contribution is -2.23. The Morgan fingerprint density at radius 1 is 1.15 bits per heavy atom. The van der Waals surface area contributed by atoms with Crippen molar-refractivity contribution < 1.29 is 14.3 Å². The molecule has 0 atom stereocenters. The Balaban J connectivity index is 1.72. The molecule has 1 aromatic heterocycles. The summed E-state index contributed by atoms with van der Waals surface area (Å²) >= 11 is 1.42. The summed E-state index contributed by atoms with van der Waals surface area (Å²) < 4.78 is 10.9. The van der Waals surface area contributed by atoms with Crippen LogP contribution in [0.1, 0.15) is 23.0 Å². The Kier molecular flexibility index (Phi) is 5.86. The van der Waals surface area contributed by atoms with Crippen LogP contribution in [0.5, 0.6) is 11.5 Å². The fraction of sp³-hybridized carbons (Fsp3) is 0.200. The van der Waals surface area contributed by atoms with Crippen molar-refractivity contribution in [1.82, 2.24) is 10.3 Å². The van der Waals surface area contributed by atoms with Crippen LogP contribution in [0.15, 0.2) is 53.9 Å². The molecule has 134 valence electrons. The van der Waals surface area contributed by atoms with E-state index in [1.807, 2.05) is 55.5 Å². The van der Waals surface area contributed by atoms with E-state index >= 15 is 0 Å². The van der Waals surface area contributed by atoms with Gasteiger partial charge >= 0.3 is 0 Å². The summed E-state index contributed by atoms with van der Waals surface area (Å²) in [4.78, 5) is 16.8. The lowest BCUT2D eigenvalue weighted by atomic mass is 10.2. The van der Waals surface area contributed by atoms with Crippen LogP contribution in [0.2, 0.25) is 0 Å². The van der Waals surface area contributed by atoms with Crippen molar-refractivity contribution in [1.29, 1.82) is 0 Å². The molecule has 3 rings (SSSR count). The summed E-state index contributed by atoms with van der Waals surface area (Å²) in [7, 11) is 1.60. The Morgan fingerprint density at radius 2 is 1.96 bits per heavy atom. The van der Waals surface area contributed by atoms with Crippen LogP contribution in [0, 0.1) is 0 Å². The summed E-state index contributed by atoms with van der Waals surface area (Å²) in [5.74, 6) is 1.15. The summed E-state index contributed by atoms with van der Waals surface area (Å²) in [6, 6.07) is 15.4. The molecule has 26 heavy (non-hydrogen) atoms. The number of ether oxygens (including phenoxy) is 2. The van der Waals surface area contributed by atoms with E-state index in [0.29, 0.717) is 30.3 Å². The molecule has 0 aliphatic rings. The fourth-order valence-electron chi connectivity index (χ4n) is 2.45. The number of hydrogen-bond donors (Lipinski definition) is 1. The summed E-state index contributed by atoms with van der Waals surface area (Å²) in [5, 5.41) is 5.41. The highest BCUT2D eigenvalue weighted by atomic mass is 32.1. The van der Waals surface area contributed by atoms with Gasteiger partial charge in [0.2, 0.25) is 0 Å². The average Bonchev–Trinajstić information content (AvgIpc) is 3.18. The van der Waals surface area contributed by atoms with Gasteiger partial charge in [0.15, 0.2) is 11.5 Å². The maximum atomic E-state index is 12.3. The zero-order valence-corrected chi connectivity index (χ0v) is 15.5. The highest BCUT2D eigenvalue weighted by Crippen LogP contribution is 2.33. The van der Waals surface area contributed by atoms with Crippen LogP contribution < -0.4 is 14.8 Å². The van der Waals surface area contributed by atoms with Crippen molar-refractivity contribution >= 4 is 17.2 Å². The van der Waals surface area contributed by atoms with E-state index in [1.54, 1.807) is 12.5 Å². The van der Waals surface area contributed by atoms with Crippen LogP contribution in [0.4, 0.5) is 0 Å². The number of amides is 1. The number of hydrogen-bond acceptors (Lipinski definition) is 5. The molecule has 0 radical (unpaired) electrons. The minimum atomic E-state index is -0.186. The molecule has 1 amide bonds. The molecule has 6 heteroatoms. The highest BCUT2D eigenvalue weighted by Gasteiger charge is 2.13. The zero-order valence-electron chi connectivity index (χ0n) is 14.7. The van der Waals surface area contributed by atoms with Crippen molar-refractivity contribution in [2.45, 2.75) is 13.5 Å². The number of aromatic nitrogens is 1. The molecule has 0 bridgehead atoms. The van der Waals surface area contributed by atoms with E-state index in [0.717, 1.165) is 16.1 Å². The molecule has 0 fully saturated rings. The van der Waals surface area contributed by atoms with E-state index < -0.39 is 0 Å². The third kappa shape index (κ3) is 4.21. The van der Waals surface area contributed by atoms with Gasteiger partial charge in [0, 0.05) is 17.5 Å². The van der Waals surface area contributed by atoms with E-state index in [1.165, 1.54) is 11.3 Å². The van der Waals surface area contributed by atoms with Gasteiger partial charge in [-0.1, -0.05) is 30.3 Å². The molecule has 3 aromatic rings. The van der Waals surface area contributed by atoms with Crippen LogP contribution in [0.3, 0.4) is 0 Å². The monoisotopic (exact) mass is 368 g/mol. The number of carbonyl (C=O) groups excluding carboxylic acids is 1. The van der Waals surface area contributed by atoms with Crippen molar-refractivity contribution in [3.63, 3.8) is 0 Å². The Morgan fingerprint density at radius 3 is 2.69 bits per heavy atom. The van der Waals surface area contributed by atoms with E-state index in [9.17, 15) is 4.79 Å². The number of benzene rings is 2. The Labute approximate surface area is 156 Å². The van der Waals surface area contributed by atoms with E-state index in [4.69, 9.17) is 9.47 Å². The molecular weight excluding hydrogens is 348 g/mol. The molecule has 2 aromatic carbocycles. The summed E-state index contributed by atoms with van der Waals surface area (Å²) in [6.07, 6.45) is 0. The van der Waals surface area contributed by atoms with E-state index in [-0.39, 0.29) is 5.91 Å². The standard InChI is InChI=1S/C20H20N2O3S/c1-3-25-17-10-9-15(11-18(17)24-2)20-22-16(13-26-20)19(23)21-12-14-7-5-4-6-8-14/h4-11,13H,3,12H2,1-2H3,(H,21,23). The molecule has 0 saturated carbocycles. The third-order valence-electron chi connectivity index (χ3n) is 3.74. The van der Waals surface area contributed by atoms with Gasteiger partial charge in [0.25, 0.3) is 5.91 Å². The van der Waals surface area contributed by atoms with Crippen molar-refractivity contribution in [3.05, 3.63) is 65.2 Å². The van der Waals surface area contributed by atoms with Gasteiger partial charge in [-0.05, 0) is 30.7 Å². The van der Waals surface area contributed by atoms with Crippen molar-refractivity contribution in [3.8, 4) is 22.1 Å². The molecule has 1 heterocycles. The molecule has 1 N–H and O–H groups in total. The molecule has 5 nitrogen and oxygen atoms in total. The first kappa shape index (κ1) is 17.9. The summed E-state index contributed by atoms with van der Waals surface area (Å²) in [6.45, 7) is 2.97. The maximum Gasteiger partial charge on any atom is 0.271 e. The van der Waals surface area contributed by atoms with Crippen LogP contribution in [0.25, 0.3) is 10.6 Å². The number of thiazole rings is 1. The summed E-state index contributed by atoms with van der Waals surface area (Å²) in [5.41, 5.74) is 2.35. The molecular formula is C20H20N2O3S. The van der Waals surface area contributed by atoms with Crippen molar-refractivity contribution in [2.24, 2.45) is 0 Å². The maximum absolute atomic E-state index is 12.3. The predicted molar refractivity (Wildman–Crippen MR) is 103 cm³/mol. The van der Waals surface area contributed by atoms with E-state index in [2.05, 4.69) is 10.3 Å². The Hall–Kier alpha value is -2.86. The first-order valence-electron chi connectivity index (χ1n) is 8.30. The average molecular weight is 368 g/mol. The lowest BCUT2D eigenvalue weighted by molar-refractivity contribution is 0.0946. The van der Waals surface area contributed by atoms with Gasteiger partial charge in [0.05, 0.1) is 13.7 Å². The minimum Gasteiger partial charge on any atom is -0.493 e.